The van der Waals surface area contributed by atoms with Crippen molar-refractivity contribution in [1.82, 2.24) is 15.2 Å². The number of aromatic nitrogens is 3. The van der Waals surface area contributed by atoms with E-state index in [2.05, 4.69) is 25.8 Å². The van der Waals surface area contributed by atoms with Gasteiger partial charge in [0.05, 0.1) is 0 Å². The first-order valence-electron chi connectivity index (χ1n) is 8.15. The van der Waals surface area contributed by atoms with Crippen molar-refractivity contribution in [3.8, 4) is 0 Å². The number of hydrogen-bond donors (Lipinski definition) is 2. The topological polar surface area (TPSA) is 79.8 Å². The van der Waals surface area contributed by atoms with Crippen LogP contribution < -0.4 is 10.6 Å². The van der Waals surface area contributed by atoms with Crippen LogP contribution in [0.4, 0.5) is 10.3 Å². The lowest BCUT2D eigenvalue weighted by Gasteiger charge is -2.21. The number of anilines is 2. The van der Waals surface area contributed by atoms with E-state index < -0.39 is 0 Å². The molecule has 8 heteroatoms. The minimum Gasteiger partial charge on any atom is -0.359 e. The van der Waals surface area contributed by atoms with Gasteiger partial charge in [-0.1, -0.05) is 30.6 Å². The Morgan fingerprint density at radius 1 is 1.09 bits per heavy atom. The maximum absolute atomic E-state index is 12.3. The number of carbonyl (C=O) groups excluding carboxylic acids is 1. The average Bonchev–Trinajstić information content (AvgIpc) is 3.19. The first-order chi connectivity index (χ1) is 11.3. The van der Waals surface area contributed by atoms with Crippen LogP contribution in [-0.4, -0.2) is 27.1 Å². The fraction of sp³-hybridized carbons (Fsp3) is 0.600. The molecule has 23 heavy (non-hydrogen) atoms. The third kappa shape index (κ3) is 3.37. The summed E-state index contributed by atoms with van der Waals surface area (Å²) in [5.74, 6) is 0.330. The van der Waals surface area contributed by atoms with E-state index in [4.69, 9.17) is 0 Å². The van der Waals surface area contributed by atoms with E-state index in [0.29, 0.717) is 22.8 Å². The van der Waals surface area contributed by atoms with Crippen molar-refractivity contribution in [2.45, 2.75) is 56.9 Å². The minimum atomic E-state index is -0.211. The normalized spacial score (nSPS) is 18.8. The molecule has 2 heterocycles. The summed E-state index contributed by atoms with van der Waals surface area (Å²) in [6.07, 6.45) is 8.57. The zero-order valence-corrected chi connectivity index (χ0v) is 14.4. The molecule has 0 radical (unpaired) electrons. The fourth-order valence-electron chi connectivity index (χ4n) is 2.96. The molecule has 0 atom stereocenters. The largest absolute Gasteiger partial charge is 0.359 e. The molecule has 122 valence electrons. The van der Waals surface area contributed by atoms with Crippen molar-refractivity contribution >= 4 is 38.8 Å². The van der Waals surface area contributed by atoms with Gasteiger partial charge in [-0.3, -0.25) is 10.1 Å². The molecule has 1 amide bonds. The zero-order valence-electron chi connectivity index (χ0n) is 12.7. The number of nitrogens with zero attached hydrogens (tertiary/aromatic N) is 3. The molecular weight excluding hydrogens is 330 g/mol. The molecule has 6 nitrogen and oxygen atoms in total. The fourth-order valence-corrected chi connectivity index (χ4v) is 4.63. The van der Waals surface area contributed by atoms with E-state index in [-0.39, 0.29) is 5.91 Å². The number of rotatable bonds is 5. The molecule has 2 aromatic heterocycles. The van der Waals surface area contributed by atoms with Crippen molar-refractivity contribution < 1.29 is 4.79 Å². The van der Waals surface area contributed by atoms with E-state index in [0.717, 1.165) is 10.1 Å². The zero-order chi connectivity index (χ0) is 15.6. The number of thiazole rings is 1. The van der Waals surface area contributed by atoms with E-state index in [1.54, 1.807) is 5.38 Å². The second-order valence-electron chi connectivity index (χ2n) is 6.19. The average molecular weight is 349 g/mol. The van der Waals surface area contributed by atoms with Gasteiger partial charge in [0.25, 0.3) is 5.91 Å². The Morgan fingerprint density at radius 2 is 1.91 bits per heavy atom. The lowest BCUT2D eigenvalue weighted by atomic mass is 9.86. The molecule has 0 spiro atoms. The third-order valence-corrected chi connectivity index (χ3v) is 6.31. The SMILES string of the molecule is O=C(Nc1nnc(C2CCC2)s1)c1csc(NC2CCCC2)n1. The molecule has 2 fully saturated rings. The lowest BCUT2D eigenvalue weighted by molar-refractivity contribution is 0.102. The predicted molar refractivity (Wildman–Crippen MR) is 92.4 cm³/mol. The highest BCUT2D eigenvalue weighted by molar-refractivity contribution is 7.15. The molecule has 0 bridgehead atoms. The third-order valence-electron chi connectivity index (χ3n) is 4.54. The van der Waals surface area contributed by atoms with E-state index in [9.17, 15) is 4.79 Å². The van der Waals surface area contributed by atoms with Gasteiger partial charge in [-0.2, -0.15) is 0 Å². The quantitative estimate of drug-likeness (QED) is 0.856. The van der Waals surface area contributed by atoms with Crippen LogP contribution in [0.25, 0.3) is 0 Å². The summed E-state index contributed by atoms with van der Waals surface area (Å²) in [5.41, 5.74) is 0.441. The number of carbonyl (C=O) groups is 1. The van der Waals surface area contributed by atoms with Gasteiger partial charge < -0.3 is 5.32 Å². The number of amides is 1. The van der Waals surface area contributed by atoms with Crippen molar-refractivity contribution in [3.05, 3.63) is 16.1 Å². The summed E-state index contributed by atoms with van der Waals surface area (Å²) < 4.78 is 0. The van der Waals surface area contributed by atoms with Gasteiger partial charge in [-0.15, -0.1) is 21.5 Å². The Balaban J connectivity index is 1.36. The van der Waals surface area contributed by atoms with Gasteiger partial charge in [0.2, 0.25) is 5.13 Å². The molecule has 2 aliphatic rings. The number of nitrogens with one attached hydrogen (secondary N) is 2. The first-order valence-corrected chi connectivity index (χ1v) is 9.84. The molecule has 0 saturated heterocycles. The monoisotopic (exact) mass is 349 g/mol. The number of hydrogen-bond acceptors (Lipinski definition) is 7. The van der Waals surface area contributed by atoms with E-state index >= 15 is 0 Å². The summed E-state index contributed by atoms with van der Waals surface area (Å²) in [6.45, 7) is 0. The second kappa shape index (κ2) is 6.52. The molecule has 4 rings (SSSR count). The van der Waals surface area contributed by atoms with Crippen LogP contribution >= 0.6 is 22.7 Å². The van der Waals surface area contributed by atoms with Crippen LogP contribution in [0.1, 0.15) is 66.4 Å². The van der Waals surface area contributed by atoms with Gasteiger partial charge in [-0.05, 0) is 25.7 Å². The van der Waals surface area contributed by atoms with Crippen molar-refractivity contribution in [3.63, 3.8) is 0 Å². The highest BCUT2D eigenvalue weighted by Gasteiger charge is 2.24. The van der Waals surface area contributed by atoms with Gasteiger partial charge in [-0.25, -0.2) is 4.98 Å². The first kappa shape index (κ1) is 15.0. The Morgan fingerprint density at radius 3 is 2.65 bits per heavy atom. The Bertz CT molecular complexity index is 688. The summed E-state index contributed by atoms with van der Waals surface area (Å²) in [6, 6.07) is 0.505. The van der Waals surface area contributed by atoms with Gasteiger partial charge in [0, 0.05) is 17.3 Å². The minimum absolute atomic E-state index is 0.211. The Labute approximate surface area is 142 Å². The lowest BCUT2D eigenvalue weighted by Crippen LogP contribution is -2.15. The summed E-state index contributed by atoms with van der Waals surface area (Å²) in [5, 5.41) is 18.7. The highest BCUT2D eigenvalue weighted by Crippen LogP contribution is 2.38. The maximum atomic E-state index is 12.3. The molecule has 2 saturated carbocycles. The molecular formula is C15H19N5OS2. The molecule has 0 aliphatic heterocycles. The summed E-state index contributed by atoms with van der Waals surface area (Å²) in [7, 11) is 0. The standard InChI is InChI=1S/C15H19N5OS2/c21-12(18-15-20-19-13(23-15)9-4-3-5-9)11-8-22-14(17-11)16-10-6-1-2-7-10/h8-10H,1-7H2,(H,16,17)(H,18,20,21). The van der Waals surface area contributed by atoms with E-state index in [1.165, 1.54) is 67.6 Å². The Kier molecular flexibility index (Phi) is 4.26. The smallest absolute Gasteiger partial charge is 0.277 e. The molecule has 2 N–H and O–H groups in total. The van der Waals surface area contributed by atoms with Crippen LogP contribution in [0.2, 0.25) is 0 Å². The van der Waals surface area contributed by atoms with Gasteiger partial charge in [0.15, 0.2) is 5.13 Å². The van der Waals surface area contributed by atoms with Crippen molar-refractivity contribution in [1.29, 1.82) is 0 Å². The molecule has 2 aliphatic carbocycles. The van der Waals surface area contributed by atoms with Crippen molar-refractivity contribution in [2.24, 2.45) is 0 Å². The molecule has 2 aromatic rings. The van der Waals surface area contributed by atoms with Crippen LogP contribution in [0.3, 0.4) is 0 Å². The van der Waals surface area contributed by atoms with Crippen LogP contribution in [0.15, 0.2) is 5.38 Å². The van der Waals surface area contributed by atoms with E-state index in [1.807, 2.05) is 0 Å². The second-order valence-corrected chi connectivity index (χ2v) is 8.06. The molecule has 0 aromatic carbocycles. The maximum Gasteiger partial charge on any atom is 0.277 e. The van der Waals surface area contributed by atoms with Crippen LogP contribution in [-0.2, 0) is 0 Å². The predicted octanol–water partition coefficient (Wildman–Crippen LogP) is 3.87. The van der Waals surface area contributed by atoms with Crippen molar-refractivity contribution in [2.75, 3.05) is 10.6 Å². The summed E-state index contributed by atoms with van der Waals surface area (Å²) in [4.78, 5) is 16.7. The highest BCUT2D eigenvalue weighted by atomic mass is 32.1. The summed E-state index contributed by atoms with van der Waals surface area (Å²) >= 11 is 2.96. The Hall–Kier alpha value is -1.54. The van der Waals surface area contributed by atoms with Crippen LogP contribution in [0.5, 0.6) is 0 Å². The van der Waals surface area contributed by atoms with Gasteiger partial charge in [0.1, 0.15) is 10.7 Å². The van der Waals surface area contributed by atoms with Gasteiger partial charge >= 0.3 is 0 Å². The molecule has 0 unspecified atom stereocenters. The van der Waals surface area contributed by atoms with Crippen LogP contribution in [0, 0.1) is 0 Å².